The molecular weight excluding hydrogens is 272 g/mol. The number of halogens is 1. The molecule has 0 heterocycles. The molecule has 1 aliphatic rings. The van der Waals surface area contributed by atoms with Gasteiger partial charge < -0.3 is 0 Å². The first-order valence-corrected chi connectivity index (χ1v) is 6.85. The summed E-state index contributed by atoms with van der Waals surface area (Å²) in [7, 11) is 0. The minimum Gasteiger partial charge on any atom is -0.0799 e. The van der Waals surface area contributed by atoms with Crippen LogP contribution >= 0.6 is 15.9 Å². The molecule has 1 atom stereocenters. The Bertz CT molecular complexity index is 448. The third-order valence-electron chi connectivity index (χ3n) is 3.50. The highest BCUT2D eigenvalue weighted by molar-refractivity contribution is 9.10. The molecule has 1 heteroatoms. The maximum Gasteiger partial charge on any atom is 0.0522 e. The van der Waals surface area contributed by atoms with Gasteiger partial charge in [0.2, 0.25) is 0 Å². The van der Waals surface area contributed by atoms with E-state index in [0.29, 0.717) is 0 Å². The van der Waals surface area contributed by atoms with E-state index in [4.69, 9.17) is 0 Å². The normalized spacial score (nSPS) is 24.6. The third kappa shape index (κ3) is 2.55. The summed E-state index contributed by atoms with van der Waals surface area (Å²) < 4.78 is 0.0816. The lowest BCUT2D eigenvalue weighted by molar-refractivity contribution is 0.336. The van der Waals surface area contributed by atoms with Crippen molar-refractivity contribution in [3.63, 3.8) is 0 Å². The van der Waals surface area contributed by atoms with Crippen molar-refractivity contribution in [3.8, 4) is 0 Å². The second-order valence-corrected chi connectivity index (χ2v) is 7.09. The Morgan fingerprint density at radius 1 is 1.12 bits per heavy atom. The largest absolute Gasteiger partial charge is 0.0799 e. The van der Waals surface area contributed by atoms with E-state index >= 15 is 0 Å². The van der Waals surface area contributed by atoms with Gasteiger partial charge in [0.15, 0.2) is 0 Å². The lowest BCUT2D eigenvalue weighted by atomic mass is 9.75. The van der Waals surface area contributed by atoms with Crippen molar-refractivity contribution in [2.24, 2.45) is 5.41 Å². The van der Waals surface area contributed by atoms with Crippen molar-refractivity contribution < 1.29 is 0 Å². The van der Waals surface area contributed by atoms with E-state index < -0.39 is 0 Å². The standard InChI is InChI=1S/C16H19Br/c1-15(2,3)16(17)11-9-14(10-12-16)13-7-5-4-6-8-13/h4-11H,12H2,1-3H3. The summed E-state index contributed by atoms with van der Waals surface area (Å²) in [6.07, 6.45) is 7.90. The Hall–Kier alpha value is -0.820. The molecule has 1 unspecified atom stereocenters. The first kappa shape index (κ1) is 12.6. The van der Waals surface area contributed by atoms with Gasteiger partial charge >= 0.3 is 0 Å². The summed E-state index contributed by atoms with van der Waals surface area (Å²) in [4.78, 5) is 0. The molecule has 0 radical (unpaired) electrons. The summed E-state index contributed by atoms with van der Waals surface area (Å²) in [5.41, 5.74) is 2.85. The highest BCUT2D eigenvalue weighted by Gasteiger charge is 2.37. The quantitative estimate of drug-likeness (QED) is 0.623. The van der Waals surface area contributed by atoms with Crippen LogP contribution in [0.5, 0.6) is 0 Å². The molecule has 2 rings (SSSR count). The summed E-state index contributed by atoms with van der Waals surface area (Å²) >= 11 is 3.88. The topological polar surface area (TPSA) is 0 Å². The van der Waals surface area contributed by atoms with E-state index in [1.165, 1.54) is 11.1 Å². The van der Waals surface area contributed by atoms with E-state index in [9.17, 15) is 0 Å². The summed E-state index contributed by atoms with van der Waals surface area (Å²) in [5, 5.41) is 0. The molecule has 0 fully saturated rings. The molecule has 1 aliphatic carbocycles. The van der Waals surface area contributed by atoms with Crippen LogP contribution in [0, 0.1) is 5.41 Å². The van der Waals surface area contributed by atoms with E-state index in [1.807, 2.05) is 0 Å². The van der Waals surface area contributed by atoms with E-state index in [-0.39, 0.29) is 9.74 Å². The van der Waals surface area contributed by atoms with Crippen molar-refractivity contribution in [1.82, 2.24) is 0 Å². The minimum atomic E-state index is 0.0816. The predicted molar refractivity (Wildman–Crippen MR) is 79.3 cm³/mol. The highest BCUT2D eigenvalue weighted by atomic mass is 79.9. The molecule has 0 saturated heterocycles. The smallest absolute Gasteiger partial charge is 0.0522 e. The van der Waals surface area contributed by atoms with Gasteiger partial charge in [-0.1, -0.05) is 85.3 Å². The lowest BCUT2D eigenvalue weighted by Gasteiger charge is -2.39. The zero-order chi connectivity index (χ0) is 12.5. The Balaban J connectivity index is 2.23. The molecule has 0 amide bonds. The SMILES string of the molecule is CC(C)(C)C1(Br)C=CC(c2ccccc2)=CC1. The summed E-state index contributed by atoms with van der Waals surface area (Å²) in [6.45, 7) is 6.81. The second-order valence-electron chi connectivity index (χ2n) is 5.68. The van der Waals surface area contributed by atoms with Crippen molar-refractivity contribution in [2.45, 2.75) is 31.5 Å². The van der Waals surface area contributed by atoms with Crippen LogP contribution in [-0.4, -0.2) is 4.32 Å². The zero-order valence-corrected chi connectivity index (χ0v) is 12.3. The van der Waals surface area contributed by atoms with Gasteiger partial charge in [-0.25, -0.2) is 0 Å². The van der Waals surface area contributed by atoms with Gasteiger partial charge in [0.1, 0.15) is 0 Å². The van der Waals surface area contributed by atoms with Gasteiger partial charge in [0.25, 0.3) is 0 Å². The molecule has 0 nitrogen and oxygen atoms in total. The molecular formula is C16H19Br. The fourth-order valence-electron chi connectivity index (χ4n) is 2.02. The Labute approximate surface area is 113 Å². The van der Waals surface area contributed by atoms with E-state index in [0.717, 1.165) is 6.42 Å². The Morgan fingerprint density at radius 3 is 2.24 bits per heavy atom. The van der Waals surface area contributed by atoms with Crippen LogP contribution in [0.25, 0.3) is 5.57 Å². The van der Waals surface area contributed by atoms with Crippen LogP contribution in [0.4, 0.5) is 0 Å². The number of allylic oxidation sites excluding steroid dienone is 4. The monoisotopic (exact) mass is 290 g/mol. The first-order valence-electron chi connectivity index (χ1n) is 6.06. The molecule has 1 aromatic rings. The molecule has 0 N–H and O–H groups in total. The minimum absolute atomic E-state index is 0.0816. The van der Waals surface area contributed by atoms with Gasteiger partial charge in [-0.3, -0.25) is 0 Å². The second kappa shape index (κ2) is 4.45. The van der Waals surface area contributed by atoms with Crippen LogP contribution in [0.3, 0.4) is 0 Å². The van der Waals surface area contributed by atoms with Crippen molar-refractivity contribution in [1.29, 1.82) is 0 Å². The maximum absolute atomic E-state index is 3.88. The third-order valence-corrected chi connectivity index (χ3v) is 5.28. The van der Waals surface area contributed by atoms with E-state index in [2.05, 4.69) is 85.3 Å². The highest BCUT2D eigenvalue weighted by Crippen LogP contribution is 2.45. The number of hydrogen-bond acceptors (Lipinski definition) is 0. The van der Waals surface area contributed by atoms with Crippen LogP contribution < -0.4 is 0 Å². The lowest BCUT2D eigenvalue weighted by Crippen LogP contribution is -2.35. The summed E-state index contributed by atoms with van der Waals surface area (Å²) in [6, 6.07) is 10.6. The van der Waals surface area contributed by atoms with E-state index in [1.54, 1.807) is 0 Å². The van der Waals surface area contributed by atoms with Crippen molar-refractivity contribution in [2.75, 3.05) is 0 Å². The molecule has 1 aromatic carbocycles. The molecule has 0 bridgehead atoms. The van der Waals surface area contributed by atoms with Gasteiger partial charge in [0, 0.05) is 0 Å². The molecule has 0 saturated carbocycles. The van der Waals surface area contributed by atoms with Crippen molar-refractivity contribution >= 4 is 21.5 Å². The first-order chi connectivity index (χ1) is 7.92. The Kier molecular flexibility index (Phi) is 3.31. The average Bonchev–Trinajstić information content (AvgIpc) is 2.30. The van der Waals surface area contributed by atoms with Crippen LogP contribution in [0.2, 0.25) is 0 Å². The van der Waals surface area contributed by atoms with Crippen LogP contribution in [0.15, 0.2) is 48.6 Å². The maximum atomic E-state index is 3.88. The van der Waals surface area contributed by atoms with Gasteiger partial charge in [-0.2, -0.15) is 0 Å². The van der Waals surface area contributed by atoms with Gasteiger partial charge in [-0.15, -0.1) is 0 Å². The summed E-state index contributed by atoms with van der Waals surface area (Å²) in [5.74, 6) is 0. The number of alkyl halides is 1. The molecule has 0 aliphatic heterocycles. The average molecular weight is 291 g/mol. The number of hydrogen-bond donors (Lipinski definition) is 0. The van der Waals surface area contributed by atoms with Gasteiger partial charge in [-0.05, 0) is 23.0 Å². The molecule has 0 aromatic heterocycles. The predicted octanol–water partition coefficient (Wildman–Crippen LogP) is 5.21. The molecule has 17 heavy (non-hydrogen) atoms. The fourth-order valence-corrected chi connectivity index (χ4v) is 2.31. The Morgan fingerprint density at radius 2 is 1.76 bits per heavy atom. The van der Waals surface area contributed by atoms with Crippen LogP contribution in [0.1, 0.15) is 32.8 Å². The molecule has 90 valence electrons. The van der Waals surface area contributed by atoms with Gasteiger partial charge in [0.05, 0.1) is 4.32 Å². The fraction of sp³-hybridized carbons (Fsp3) is 0.375. The zero-order valence-electron chi connectivity index (χ0n) is 10.7. The van der Waals surface area contributed by atoms with Crippen LogP contribution in [-0.2, 0) is 0 Å². The number of rotatable bonds is 1. The number of benzene rings is 1. The van der Waals surface area contributed by atoms with Crippen molar-refractivity contribution in [3.05, 3.63) is 54.1 Å². The molecule has 0 spiro atoms.